The standard InChI is InChI=1S/C11H14FNO/c1-7(13)9-4-5-14-11-3-2-8(12)6-10(9)11/h2-3,6-7,9H,4-5,13H2,1H3. The minimum Gasteiger partial charge on any atom is -0.493 e. The average Bonchev–Trinajstić information content (AvgIpc) is 2.16. The van der Waals surface area contributed by atoms with Gasteiger partial charge < -0.3 is 10.5 Å². The zero-order valence-corrected chi connectivity index (χ0v) is 8.16. The Morgan fingerprint density at radius 1 is 1.57 bits per heavy atom. The maximum Gasteiger partial charge on any atom is 0.123 e. The quantitative estimate of drug-likeness (QED) is 0.744. The summed E-state index contributed by atoms with van der Waals surface area (Å²) in [6, 6.07) is 4.67. The minimum absolute atomic E-state index is 0.0412. The molecule has 2 nitrogen and oxygen atoms in total. The van der Waals surface area contributed by atoms with Crippen LogP contribution < -0.4 is 10.5 Å². The molecular formula is C11H14FNO. The second-order valence-electron chi connectivity index (χ2n) is 3.78. The van der Waals surface area contributed by atoms with Crippen molar-refractivity contribution >= 4 is 0 Å². The van der Waals surface area contributed by atoms with Gasteiger partial charge in [-0.05, 0) is 31.5 Å². The second-order valence-corrected chi connectivity index (χ2v) is 3.78. The molecule has 2 rings (SSSR count). The fourth-order valence-electron chi connectivity index (χ4n) is 1.94. The average molecular weight is 195 g/mol. The number of hydrogen-bond acceptors (Lipinski definition) is 2. The van der Waals surface area contributed by atoms with Gasteiger partial charge >= 0.3 is 0 Å². The lowest BCUT2D eigenvalue weighted by Gasteiger charge is -2.28. The van der Waals surface area contributed by atoms with Crippen molar-refractivity contribution in [2.75, 3.05) is 6.61 Å². The molecular weight excluding hydrogens is 181 g/mol. The fourth-order valence-corrected chi connectivity index (χ4v) is 1.94. The van der Waals surface area contributed by atoms with Gasteiger partial charge in [-0.3, -0.25) is 0 Å². The molecule has 2 N–H and O–H groups in total. The summed E-state index contributed by atoms with van der Waals surface area (Å²) >= 11 is 0. The Morgan fingerprint density at radius 2 is 2.36 bits per heavy atom. The molecule has 76 valence electrons. The smallest absolute Gasteiger partial charge is 0.123 e. The van der Waals surface area contributed by atoms with Gasteiger partial charge in [0, 0.05) is 17.5 Å². The number of halogens is 1. The molecule has 1 aromatic carbocycles. The number of fused-ring (bicyclic) bond motifs is 1. The Balaban J connectivity index is 2.41. The van der Waals surface area contributed by atoms with E-state index in [0.29, 0.717) is 6.61 Å². The van der Waals surface area contributed by atoms with Gasteiger partial charge in [0.05, 0.1) is 6.61 Å². The van der Waals surface area contributed by atoms with Crippen molar-refractivity contribution in [1.82, 2.24) is 0 Å². The summed E-state index contributed by atoms with van der Waals surface area (Å²) in [6.45, 7) is 2.62. The molecule has 1 aromatic rings. The van der Waals surface area contributed by atoms with Crippen LogP contribution in [0.2, 0.25) is 0 Å². The van der Waals surface area contributed by atoms with Gasteiger partial charge in [0.2, 0.25) is 0 Å². The molecule has 0 saturated carbocycles. The highest BCUT2D eigenvalue weighted by atomic mass is 19.1. The van der Waals surface area contributed by atoms with Gasteiger partial charge in [-0.25, -0.2) is 4.39 Å². The van der Waals surface area contributed by atoms with Gasteiger partial charge in [0.15, 0.2) is 0 Å². The molecule has 0 fully saturated rings. The Kier molecular flexibility index (Phi) is 2.42. The first-order valence-electron chi connectivity index (χ1n) is 4.86. The van der Waals surface area contributed by atoms with E-state index in [1.807, 2.05) is 6.92 Å². The zero-order chi connectivity index (χ0) is 10.1. The highest BCUT2D eigenvalue weighted by Crippen LogP contribution is 2.35. The number of hydrogen-bond donors (Lipinski definition) is 1. The third-order valence-electron chi connectivity index (χ3n) is 2.69. The minimum atomic E-state index is -0.222. The summed E-state index contributed by atoms with van der Waals surface area (Å²) < 4.78 is 18.5. The maximum atomic E-state index is 13.0. The molecule has 3 heteroatoms. The monoisotopic (exact) mass is 195 g/mol. The van der Waals surface area contributed by atoms with E-state index < -0.39 is 0 Å². The second kappa shape index (κ2) is 3.58. The predicted molar refractivity (Wildman–Crippen MR) is 52.9 cm³/mol. The van der Waals surface area contributed by atoms with Gasteiger partial charge in [-0.2, -0.15) is 0 Å². The SMILES string of the molecule is CC(N)C1CCOc2ccc(F)cc21. The van der Waals surface area contributed by atoms with Crippen LogP contribution in [0, 0.1) is 5.82 Å². The summed E-state index contributed by atoms with van der Waals surface area (Å²) in [6.07, 6.45) is 0.869. The van der Waals surface area contributed by atoms with Crippen molar-refractivity contribution in [3.05, 3.63) is 29.6 Å². The number of benzene rings is 1. The Labute approximate surface area is 82.9 Å². The summed E-state index contributed by atoms with van der Waals surface area (Å²) in [7, 11) is 0. The van der Waals surface area contributed by atoms with Crippen LogP contribution in [0.1, 0.15) is 24.8 Å². The van der Waals surface area contributed by atoms with E-state index in [-0.39, 0.29) is 17.8 Å². The van der Waals surface area contributed by atoms with Gasteiger partial charge in [-0.15, -0.1) is 0 Å². The van der Waals surface area contributed by atoms with Crippen LogP contribution in [0.25, 0.3) is 0 Å². The van der Waals surface area contributed by atoms with E-state index in [1.54, 1.807) is 6.07 Å². The topological polar surface area (TPSA) is 35.2 Å². The van der Waals surface area contributed by atoms with Crippen LogP contribution >= 0.6 is 0 Å². The molecule has 0 spiro atoms. The molecule has 0 aliphatic carbocycles. The summed E-state index contributed by atoms with van der Waals surface area (Å²) in [5.41, 5.74) is 6.76. The van der Waals surface area contributed by atoms with Crippen molar-refractivity contribution in [2.45, 2.75) is 25.3 Å². The van der Waals surface area contributed by atoms with Crippen LogP contribution in [0.15, 0.2) is 18.2 Å². The van der Waals surface area contributed by atoms with Crippen molar-refractivity contribution in [2.24, 2.45) is 5.73 Å². The fraction of sp³-hybridized carbons (Fsp3) is 0.455. The molecule has 0 saturated heterocycles. The first-order chi connectivity index (χ1) is 6.68. The van der Waals surface area contributed by atoms with Crippen molar-refractivity contribution in [1.29, 1.82) is 0 Å². The summed E-state index contributed by atoms with van der Waals surface area (Å²) in [4.78, 5) is 0. The van der Waals surface area contributed by atoms with Crippen LogP contribution in [-0.2, 0) is 0 Å². The third-order valence-corrected chi connectivity index (χ3v) is 2.69. The van der Waals surface area contributed by atoms with Crippen LogP contribution in [0.3, 0.4) is 0 Å². The molecule has 0 bridgehead atoms. The van der Waals surface area contributed by atoms with Crippen molar-refractivity contribution < 1.29 is 9.13 Å². The summed E-state index contributed by atoms with van der Waals surface area (Å²) in [5.74, 6) is 0.773. The predicted octanol–water partition coefficient (Wildman–Crippen LogP) is 2.04. The zero-order valence-electron chi connectivity index (χ0n) is 8.16. The molecule has 1 aliphatic rings. The number of rotatable bonds is 1. The van der Waals surface area contributed by atoms with Crippen molar-refractivity contribution in [3.63, 3.8) is 0 Å². The normalized spacial score (nSPS) is 22.4. The van der Waals surface area contributed by atoms with Crippen molar-refractivity contribution in [3.8, 4) is 5.75 Å². The molecule has 1 aliphatic heterocycles. The summed E-state index contributed by atoms with van der Waals surface area (Å²) in [5, 5.41) is 0. The van der Waals surface area contributed by atoms with Crippen LogP contribution in [0.4, 0.5) is 4.39 Å². The van der Waals surface area contributed by atoms with Gasteiger partial charge in [0.1, 0.15) is 11.6 Å². The van der Waals surface area contributed by atoms with Gasteiger partial charge in [-0.1, -0.05) is 0 Å². The van der Waals surface area contributed by atoms with E-state index in [4.69, 9.17) is 10.5 Å². The Hall–Kier alpha value is -1.09. The lowest BCUT2D eigenvalue weighted by molar-refractivity contribution is 0.257. The lowest BCUT2D eigenvalue weighted by atomic mass is 9.88. The van der Waals surface area contributed by atoms with Crippen LogP contribution in [0.5, 0.6) is 5.75 Å². The third kappa shape index (κ3) is 1.60. The molecule has 2 atom stereocenters. The van der Waals surface area contributed by atoms with Gasteiger partial charge in [0.25, 0.3) is 0 Å². The molecule has 0 aromatic heterocycles. The first-order valence-corrected chi connectivity index (χ1v) is 4.86. The lowest BCUT2D eigenvalue weighted by Crippen LogP contribution is -2.29. The van der Waals surface area contributed by atoms with E-state index in [0.717, 1.165) is 17.7 Å². The Morgan fingerprint density at radius 3 is 3.07 bits per heavy atom. The molecule has 0 amide bonds. The molecule has 2 unspecified atom stereocenters. The van der Waals surface area contributed by atoms with E-state index in [1.165, 1.54) is 12.1 Å². The Bertz CT molecular complexity index is 338. The largest absolute Gasteiger partial charge is 0.493 e. The van der Waals surface area contributed by atoms with E-state index >= 15 is 0 Å². The number of ether oxygens (including phenoxy) is 1. The van der Waals surface area contributed by atoms with E-state index in [9.17, 15) is 4.39 Å². The first kappa shape index (κ1) is 9.46. The van der Waals surface area contributed by atoms with Crippen LogP contribution in [-0.4, -0.2) is 12.6 Å². The highest BCUT2D eigenvalue weighted by molar-refractivity contribution is 5.39. The molecule has 1 heterocycles. The number of nitrogens with two attached hydrogens (primary N) is 1. The molecule has 14 heavy (non-hydrogen) atoms. The maximum absolute atomic E-state index is 13.0. The molecule has 0 radical (unpaired) electrons. The van der Waals surface area contributed by atoms with E-state index in [2.05, 4.69) is 0 Å². The highest BCUT2D eigenvalue weighted by Gasteiger charge is 2.24.